The topological polar surface area (TPSA) is 9.23 Å². The maximum atomic E-state index is 5.41. The first-order valence-electron chi connectivity index (χ1n) is 5.07. The third-order valence-corrected chi connectivity index (χ3v) is 3.60. The molecule has 1 fully saturated rings. The van der Waals surface area contributed by atoms with Crippen molar-refractivity contribution in [2.45, 2.75) is 31.1 Å². The van der Waals surface area contributed by atoms with Crippen LogP contribution in [0, 0.1) is 0 Å². The first-order valence-corrected chi connectivity index (χ1v) is 5.07. The minimum absolute atomic E-state index is 0.802. The highest BCUT2D eigenvalue weighted by molar-refractivity contribution is 5.49. The van der Waals surface area contributed by atoms with Crippen molar-refractivity contribution >= 4 is 0 Å². The number of methoxy groups -OCH3 is 1. The first-order chi connectivity index (χ1) is 6.40. The van der Waals surface area contributed by atoms with Crippen molar-refractivity contribution in [3.05, 3.63) is 29.3 Å². The van der Waals surface area contributed by atoms with Gasteiger partial charge in [0.15, 0.2) is 0 Å². The van der Waals surface area contributed by atoms with Crippen LogP contribution in [0.4, 0.5) is 0 Å². The fourth-order valence-corrected chi connectivity index (χ4v) is 3.06. The zero-order chi connectivity index (χ0) is 8.84. The molecule has 0 saturated heterocycles. The molecule has 0 heterocycles. The van der Waals surface area contributed by atoms with Crippen molar-refractivity contribution in [2.75, 3.05) is 7.11 Å². The van der Waals surface area contributed by atoms with Gasteiger partial charge in [0.1, 0.15) is 5.75 Å². The molecule has 1 saturated carbocycles. The van der Waals surface area contributed by atoms with Gasteiger partial charge in [-0.1, -0.05) is 12.1 Å². The van der Waals surface area contributed by atoms with Crippen LogP contribution in [0.15, 0.2) is 18.2 Å². The Labute approximate surface area is 78.7 Å². The predicted octanol–water partition coefficient (Wildman–Crippen LogP) is 3.06. The quantitative estimate of drug-likeness (QED) is 0.635. The van der Waals surface area contributed by atoms with Crippen molar-refractivity contribution in [1.29, 1.82) is 0 Å². The van der Waals surface area contributed by atoms with Crippen LogP contribution in [0.25, 0.3) is 0 Å². The summed E-state index contributed by atoms with van der Waals surface area (Å²) in [4.78, 5) is 0. The standard InChI is InChI=1S/C12H14O/c1-13-11-4-2-3-10-8-5-6-9(7-8)12(10)11/h2-4,8-9H,5-7H2,1H3. The van der Waals surface area contributed by atoms with Gasteiger partial charge in [0.25, 0.3) is 0 Å². The van der Waals surface area contributed by atoms with Gasteiger partial charge in [-0.2, -0.15) is 0 Å². The molecule has 1 aromatic rings. The molecule has 2 atom stereocenters. The maximum Gasteiger partial charge on any atom is 0.122 e. The molecule has 2 aliphatic rings. The second kappa shape index (κ2) is 2.50. The normalized spacial score (nSPS) is 29.0. The van der Waals surface area contributed by atoms with Crippen molar-refractivity contribution < 1.29 is 4.74 Å². The second-order valence-corrected chi connectivity index (χ2v) is 4.17. The van der Waals surface area contributed by atoms with Crippen LogP contribution in [0.2, 0.25) is 0 Å². The van der Waals surface area contributed by atoms with Crippen molar-refractivity contribution in [3.63, 3.8) is 0 Å². The summed E-state index contributed by atoms with van der Waals surface area (Å²) in [7, 11) is 1.78. The fraction of sp³-hybridized carbons (Fsp3) is 0.500. The van der Waals surface area contributed by atoms with Gasteiger partial charge in [-0.3, -0.25) is 0 Å². The van der Waals surface area contributed by atoms with Crippen molar-refractivity contribution in [1.82, 2.24) is 0 Å². The van der Waals surface area contributed by atoms with Crippen LogP contribution in [-0.4, -0.2) is 7.11 Å². The average molecular weight is 174 g/mol. The predicted molar refractivity (Wildman–Crippen MR) is 52.3 cm³/mol. The lowest BCUT2D eigenvalue weighted by Gasteiger charge is -2.17. The summed E-state index contributed by atoms with van der Waals surface area (Å²) < 4.78 is 5.41. The summed E-state index contributed by atoms with van der Waals surface area (Å²) in [6, 6.07) is 6.50. The van der Waals surface area contributed by atoms with E-state index >= 15 is 0 Å². The Hall–Kier alpha value is -0.980. The molecule has 1 heteroatoms. The maximum absolute atomic E-state index is 5.41. The highest BCUT2D eigenvalue weighted by atomic mass is 16.5. The smallest absolute Gasteiger partial charge is 0.122 e. The SMILES string of the molecule is COc1cccc2c1C1CCC2C1. The lowest BCUT2D eigenvalue weighted by molar-refractivity contribution is 0.406. The van der Waals surface area contributed by atoms with E-state index in [1.165, 1.54) is 24.8 Å². The molecule has 2 unspecified atom stereocenters. The summed E-state index contributed by atoms with van der Waals surface area (Å²) in [5, 5.41) is 0. The van der Waals surface area contributed by atoms with Crippen LogP contribution < -0.4 is 4.74 Å². The van der Waals surface area contributed by atoms with Gasteiger partial charge >= 0.3 is 0 Å². The number of fused-ring (bicyclic) bond motifs is 5. The molecule has 0 amide bonds. The highest BCUT2D eigenvalue weighted by Crippen LogP contribution is 2.55. The molecule has 1 nitrogen and oxygen atoms in total. The zero-order valence-corrected chi connectivity index (χ0v) is 7.92. The van der Waals surface area contributed by atoms with Crippen molar-refractivity contribution in [2.24, 2.45) is 0 Å². The molecule has 13 heavy (non-hydrogen) atoms. The van der Waals surface area contributed by atoms with Crippen LogP contribution in [-0.2, 0) is 0 Å². The van der Waals surface area contributed by atoms with Gasteiger partial charge in [0, 0.05) is 5.56 Å². The van der Waals surface area contributed by atoms with E-state index in [1.54, 1.807) is 12.7 Å². The number of hydrogen-bond donors (Lipinski definition) is 0. The summed E-state index contributed by atoms with van der Waals surface area (Å²) in [6.07, 6.45) is 4.14. The van der Waals surface area contributed by atoms with E-state index in [1.807, 2.05) is 0 Å². The Kier molecular flexibility index (Phi) is 1.43. The van der Waals surface area contributed by atoms with Crippen LogP contribution in [0.5, 0.6) is 5.75 Å². The molecule has 0 aromatic heterocycles. The molecule has 0 spiro atoms. The van der Waals surface area contributed by atoms with Gasteiger partial charge in [-0.25, -0.2) is 0 Å². The summed E-state index contributed by atoms with van der Waals surface area (Å²) in [5.74, 6) is 2.76. The zero-order valence-electron chi connectivity index (χ0n) is 7.92. The van der Waals surface area contributed by atoms with E-state index in [9.17, 15) is 0 Å². The van der Waals surface area contributed by atoms with E-state index in [2.05, 4.69) is 18.2 Å². The van der Waals surface area contributed by atoms with Crippen LogP contribution >= 0.6 is 0 Å². The molecular formula is C12H14O. The van der Waals surface area contributed by atoms with Crippen molar-refractivity contribution in [3.8, 4) is 5.75 Å². The Morgan fingerprint density at radius 2 is 2.08 bits per heavy atom. The van der Waals surface area contributed by atoms with E-state index in [0.717, 1.165) is 17.6 Å². The molecule has 0 aliphatic heterocycles. The van der Waals surface area contributed by atoms with E-state index in [0.29, 0.717) is 0 Å². The molecule has 0 radical (unpaired) electrons. The number of ether oxygens (including phenoxy) is 1. The Morgan fingerprint density at radius 3 is 2.92 bits per heavy atom. The van der Waals surface area contributed by atoms with Gasteiger partial charge in [-0.15, -0.1) is 0 Å². The molecule has 0 N–H and O–H groups in total. The largest absolute Gasteiger partial charge is 0.496 e. The first kappa shape index (κ1) is 7.43. The van der Waals surface area contributed by atoms with Gasteiger partial charge < -0.3 is 4.74 Å². The lowest BCUT2D eigenvalue weighted by Crippen LogP contribution is -2.00. The monoisotopic (exact) mass is 174 g/mol. The van der Waals surface area contributed by atoms with E-state index < -0.39 is 0 Å². The molecule has 2 bridgehead atoms. The Morgan fingerprint density at radius 1 is 1.23 bits per heavy atom. The average Bonchev–Trinajstić information content (AvgIpc) is 2.77. The molecule has 2 aliphatic carbocycles. The van der Waals surface area contributed by atoms with Crippen LogP contribution in [0.1, 0.15) is 42.2 Å². The van der Waals surface area contributed by atoms with Gasteiger partial charge in [0.05, 0.1) is 7.11 Å². The summed E-state index contributed by atoms with van der Waals surface area (Å²) in [5.41, 5.74) is 3.08. The second-order valence-electron chi connectivity index (χ2n) is 4.17. The third kappa shape index (κ3) is 0.874. The Bertz CT molecular complexity index is 343. The molecule has 3 rings (SSSR count). The van der Waals surface area contributed by atoms with Crippen LogP contribution in [0.3, 0.4) is 0 Å². The molecule has 68 valence electrons. The third-order valence-electron chi connectivity index (χ3n) is 3.60. The minimum atomic E-state index is 0.802. The number of rotatable bonds is 1. The van der Waals surface area contributed by atoms with E-state index in [4.69, 9.17) is 4.74 Å². The Balaban J connectivity index is 2.20. The number of hydrogen-bond acceptors (Lipinski definition) is 1. The van der Waals surface area contributed by atoms with Gasteiger partial charge in [-0.05, 0) is 42.7 Å². The molecular weight excluding hydrogens is 160 g/mol. The summed E-state index contributed by atoms with van der Waals surface area (Å²) in [6.45, 7) is 0. The number of benzene rings is 1. The van der Waals surface area contributed by atoms with Gasteiger partial charge in [0.2, 0.25) is 0 Å². The highest BCUT2D eigenvalue weighted by Gasteiger charge is 2.38. The molecule has 1 aromatic carbocycles. The minimum Gasteiger partial charge on any atom is -0.496 e. The van der Waals surface area contributed by atoms with E-state index in [-0.39, 0.29) is 0 Å². The fourth-order valence-electron chi connectivity index (χ4n) is 3.06. The lowest BCUT2D eigenvalue weighted by atomic mass is 9.91. The summed E-state index contributed by atoms with van der Waals surface area (Å²) >= 11 is 0.